The smallest absolute Gasteiger partial charge is 0 e. The summed E-state index contributed by atoms with van der Waals surface area (Å²) in [5, 5.41) is 0. The van der Waals surface area contributed by atoms with E-state index in [2.05, 4.69) is 13.8 Å². The molecule has 33 valence electrons. The average Bonchev–Trinajstić information content (AvgIpc) is 1.41. The zero-order chi connectivity index (χ0) is 4.12. The molecule has 0 saturated carbocycles. The third-order valence-electron chi connectivity index (χ3n) is 0.447. The SMILES string of the molecule is CC[P]CC.[HH]. The van der Waals surface area contributed by atoms with Crippen LogP contribution in [0.1, 0.15) is 15.3 Å². The second kappa shape index (κ2) is 4.43. The highest BCUT2D eigenvalue weighted by Gasteiger charge is 1.68. The molecule has 0 atom stereocenters. The van der Waals surface area contributed by atoms with Crippen LogP contribution in [0.25, 0.3) is 0 Å². The molecule has 0 amide bonds. The van der Waals surface area contributed by atoms with E-state index in [0.717, 1.165) is 0 Å². The number of hydrogen-bond acceptors (Lipinski definition) is 0. The largest absolute Gasteiger partial charge is 0.0816 e. The lowest BCUT2D eigenvalue weighted by Gasteiger charge is -1.78. The van der Waals surface area contributed by atoms with Crippen LogP contribution < -0.4 is 0 Å². The molecule has 1 heteroatoms. The van der Waals surface area contributed by atoms with Gasteiger partial charge in [-0.05, 0) is 12.3 Å². The Morgan fingerprint density at radius 1 is 1.40 bits per heavy atom. The minimum Gasteiger partial charge on any atom is -0.0816 e. The summed E-state index contributed by atoms with van der Waals surface area (Å²) < 4.78 is 0. The molecule has 0 saturated heterocycles. The Bertz CT molecular complexity index is 15.0. The first-order valence-corrected chi connectivity index (χ1v) is 3.31. The van der Waals surface area contributed by atoms with Gasteiger partial charge in [0.15, 0.2) is 0 Å². The summed E-state index contributed by atoms with van der Waals surface area (Å²) in [6.45, 7) is 4.40. The topological polar surface area (TPSA) is 0 Å². The quantitative estimate of drug-likeness (QED) is 0.457. The standard InChI is InChI=1S/C4H10P.H2/c1-3-5-4-2;/h3-4H2,1-2H3;1H. The molecule has 0 aromatic rings. The second-order valence-electron chi connectivity index (χ2n) is 0.856. The van der Waals surface area contributed by atoms with Gasteiger partial charge in [0.25, 0.3) is 0 Å². The maximum atomic E-state index is 2.20. The fraction of sp³-hybridized carbons (Fsp3) is 1.00. The second-order valence-corrected chi connectivity index (χ2v) is 2.57. The third kappa shape index (κ3) is 4.43. The predicted molar refractivity (Wildman–Crippen MR) is 30.1 cm³/mol. The molecule has 0 nitrogen and oxygen atoms in total. The van der Waals surface area contributed by atoms with E-state index < -0.39 is 0 Å². The highest BCUT2D eigenvalue weighted by atomic mass is 31.1. The third-order valence-corrected chi connectivity index (χ3v) is 1.34. The van der Waals surface area contributed by atoms with Crippen molar-refractivity contribution in [1.82, 2.24) is 0 Å². The van der Waals surface area contributed by atoms with Gasteiger partial charge >= 0.3 is 0 Å². The molecule has 0 rings (SSSR count). The minimum atomic E-state index is 0. The lowest BCUT2D eigenvalue weighted by Crippen LogP contribution is -1.59. The fourth-order valence-electron chi connectivity index (χ4n) is 0.224. The predicted octanol–water partition coefficient (Wildman–Crippen LogP) is 2.22. The zero-order valence-electron chi connectivity index (χ0n) is 3.86. The van der Waals surface area contributed by atoms with Crippen LogP contribution >= 0.6 is 8.58 Å². The van der Waals surface area contributed by atoms with Gasteiger partial charge in [0.1, 0.15) is 0 Å². The summed E-state index contributed by atoms with van der Waals surface area (Å²) in [6, 6.07) is 0. The van der Waals surface area contributed by atoms with E-state index in [0.29, 0.717) is 0 Å². The van der Waals surface area contributed by atoms with Crippen LogP contribution in [0, 0.1) is 0 Å². The van der Waals surface area contributed by atoms with Gasteiger partial charge in [0.2, 0.25) is 0 Å². The summed E-state index contributed by atoms with van der Waals surface area (Å²) in [5.41, 5.74) is 0. The van der Waals surface area contributed by atoms with Crippen LogP contribution in [-0.2, 0) is 0 Å². The molecular weight excluding hydrogens is 79.0 g/mol. The van der Waals surface area contributed by atoms with Gasteiger partial charge in [0, 0.05) is 1.43 Å². The number of hydrogen-bond donors (Lipinski definition) is 0. The molecule has 0 aromatic carbocycles. The number of rotatable bonds is 2. The molecule has 0 aliphatic heterocycles. The van der Waals surface area contributed by atoms with Gasteiger partial charge in [0.05, 0.1) is 0 Å². The normalized spacial score (nSPS) is 8.40. The first kappa shape index (κ1) is 5.43. The highest BCUT2D eigenvalue weighted by Crippen LogP contribution is 2.03. The maximum absolute atomic E-state index is 2.20. The molecule has 0 aromatic heterocycles. The van der Waals surface area contributed by atoms with E-state index in [1.807, 2.05) is 0 Å². The summed E-state index contributed by atoms with van der Waals surface area (Å²) >= 11 is 0. The monoisotopic (exact) mass is 91.1 g/mol. The van der Waals surface area contributed by atoms with E-state index in [4.69, 9.17) is 0 Å². The Morgan fingerprint density at radius 3 is 1.80 bits per heavy atom. The van der Waals surface area contributed by atoms with Crippen LogP contribution in [0.15, 0.2) is 0 Å². The van der Waals surface area contributed by atoms with E-state index in [1.54, 1.807) is 8.58 Å². The molecular formula is C4H12P. The van der Waals surface area contributed by atoms with Gasteiger partial charge in [-0.3, -0.25) is 0 Å². The summed E-state index contributed by atoms with van der Waals surface area (Å²) in [4.78, 5) is 0. The first-order chi connectivity index (χ1) is 2.41. The van der Waals surface area contributed by atoms with Gasteiger partial charge < -0.3 is 0 Å². The van der Waals surface area contributed by atoms with E-state index >= 15 is 0 Å². The molecule has 0 fully saturated rings. The van der Waals surface area contributed by atoms with E-state index in [1.165, 1.54) is 12.3 Å². The zero-order valence-corrected chi connectivity index (χ0v) is 4.76. The average molecular weight is 91.1 g/mol. The summed E-state index contributed by atoms with van der Waals surface area (Å²) in [7, 11) is 1.58. The van der Waals surface area contributed by atoms with E-state index in [-0.39, 0.29) is 1.43 Å². The molecule has 0 heterocycles. The van der Waals surface area contributed by atoms with Crippen LogP contribution in [0.5, 0.6) is 0 Å². The molecule has 0 aliphatic carbocycles. The van der Waals surface area contributed by atoms with E-state index in [9.17, 15) is 0 Å². The molecule has 5 heavy (non-hydrogen) atoms. The first-order valence-electron chi connectivity index (χ1n) is 2.05. The van der Waals surface area contributed by atoms with Crippen molar-refractivity contribution in [2.45, 2.75) is 13.8 Å². The maximum Gasteiger partial charge on any atom is 0 e. The van der Waals surface area contributed by atoms with Crippen molar-refractivity contribution in [2.75, 3.05) is 12.3 Å². The van der Waals surface area contributed by atoms with Crippen molar-refractivity contribution in [3.63, 3.8) is 0 Å². The molecule has 1 radical (unpaired) electrons. The Labute approximate surface area is 37.2 Å². The Balaban J connectivity index is 0. The van der Waals surface area contributed by atoms with Gasteiger partial charge in [-0.2, -0.15) is 0 Å². The van der Waals surface area contributed by atoms with Crippen LogP contribution in [0.2, 0.25) is 0 Å². The Kier molecular flexibility index (Phi) is 4.81. The molecule has 0 bridgehead atoms. The fourth-order valence-corrected chi connectivity index (χ4v) is 0.671. The lowest BCUT2D eigenvalue weighted by atomic mass is 11.0. The van der Waals surface area contributed by atoms with Crippen LogP contribution in [-0.4, -0.2) is 12.3 Å². The molecule has 0 unspecified atom stereocenters. The van der Waals surface area contributed by atoms with Crippen molar-refractivity contribution in [3.05, 3.63) is 0 Å². The summed E-state index contributed by atoms with van der Waals surface area (Å²) in [6.07, 6.45) is 2.63. The van der Waals surface area contributed by atoms with Crippen molar-refractivity contribution in [1.29, 1.82) is 0 Å². The van der Waals surface area contributed by atoms with Crippen LogP contribution in [0.4, 0.5) is 0 Å². The van der Waals surface area contributed by atoms with Gasteiger partial charge in [-0.1, -0.05) is 22.4 Å². The molecule has 0 aliphatic rings. The lowest BCUT2D eigenvalue weighted by molar-refractivity contribution is 1.44. The van der Waals surface area contributed by atoms with Crippen molar-refractivity contribution >= 4 is 8.58 Å². The van der Waals surface area contributed by atoms with Crippen LogP contribution in [0.3, 0.4) is 0 Å². The van der Waals surface area contributed by atoms with Crippen molar-refractivity contribution in [3.8, 4) is 0 Å². The molecule has 0 N–H and O–H groups in total. The Morgan fingerprint density at radius 2 is 1.80 bits per heavy atom. The minimum absolute atomic E-state index is 0. The highest BCUT2D eigenvalue weighted by molar-refractivity contribution is 7.37. The molecule has 0 spiro atoms. The summed E-state index contributed by atoms with van der Waals surface area (Å²) in [5.74, 6) is 0. The Hall–Kier alpha value is 0.430. The van der Waals surface area contributed by atoms with Gasteiger partial charge in [-0.15, -0.1) is 0 Å². The van der Waals surface area contributed by atoms with Gasteiger partial charge in [-0.25, -0.2) is 0 Å². The van der Waals surface area contributed by atoms with Crippen molar-refractivity contribution in [2.24, 2.45) is 0 Å². The van der Waals surface area contributed by atoms with Crippen molar-refractivity contribution < 1.29 is 1.43 Å².